The van der Waals surface area contributed by atoms with E-state index < -0.39 is 0 Å². The maximum absolute atomic E-state index is 4.43. The molecule has 3 nitrogen and oxygen atoms in total. The number of hydrogen-bond acceptors (Lipinski definition) is 3. The molecule has 0 bridgehead atoms. The molecule has 1 heterocycles. The lowest BCUT2D eigenvalue weighted by atomic mass is 10.3. The predicted octanol–water partition coefficient (Wildman–Crippen LogP) is 2.72. The molecule has 0 aliphatic heterocycles. The lowest BCUT2D eigenvalue weighted by molar-refractivity contribution is 0.888. The zero-order chi connectivity index (χ0) is 10.4. The second kappa shape index (κ2) is 5.47. The van der Waals surface area contributed by atoms with E-state index in [-0.39, 0.29) is 0 Å². The van der Waals surface area contributed by atoms with Crippen LogP contribution in [0.4, 0.5) is 11.6 Å². The summed E-state index contributed by atoms with van der Waals surface area (Å²) in [4.78, 5) is 4.43. The fourth-order valence-corrected chi connectivity index (χ4v) is 1.16. The fraction of sp³-hybridized carbons (Fsp3) is 0.545. The molecule has 0 aliphatic carbocycles. The molecule has 0 aromatic carbocycles. The summed E-state index contributed by atoms with van der Waals surface area (Å²) < 4.78 is 0. The fourth-order valence-electron chi connectivity index (χ4n) is 1.16. The molecule has 1 aromatic rings. The van der Waals surface area contributed by atoms with Crippen molar-refractivity contribution in [2.75, 3.05) is 17.2 Å². The molecule has 0 amide bonds. The Balaban J connectivity index is 2.59. The van der Waals surface area contributed by atoms with Crippen LogP contribution >= 0.6 is 0 Å². The summed E-state index contributed by atoms with van der Waals surface area (Å²) >= 11 is 0. The van der Waals surface area contributed by atoms with Crippen molar-refractivity contribution in [2.45, 2.75) is 33.2 Å². The summed E-state index contributed by atoms with van der Waals surface area (Å²) in [7, 11) is 0. The highest BCUT2D eigenvalue weighted by atomic mass is 15.1. The average molecular weight is 193 g/mol. The van der Waals surface area contributed by atoms with Gasteiger partial charge in [-0.1, -0.05) is 13.0 Å². The monoisotopic (exact) mass is 193 g/mol. The van der Waals surface area contributed by atoms with Crippen molar-refractivity contribution in [1.82, 2.24) is 4.98 Å². The lowest BCUT2D eigenvalue weighted by Crippen LogP contribution is -2.11. The van der Waals surface area contributed by atoms with Gasteiger partial charge in [0.05, 0.1) is 0 Å². The van der Waals surface area contributed by atoms with Gasteiger partial charge in [-0.15, -0.1) is 0 Å². The number of pyridine rings is 1. The van der Waals surface area contributed by atoms with Crippen molar-refractivity contribution in [3.8, 4) is 0 Å². The van der Waals surface area contributed by atoms with Crippen LogP contribution in [0.1, 0.15) is 27.2 Å². The van der Waals surface area contributed by atoms with Crippen LogP contribution in [0.25, 0.3) is 0 Å². The van der Waals surface area contributed by atoms with Gasteiger partial charge in [0.1, 0.15) is 11.6 Å². The van der Waals surface area contributed by atoms with E-state index in [9.17, 15) is 0 Å². The maximum atomic E-state index is 4.43. The van der Waals surface area contributed by atoms with Gasteiger partial charge in [-0.3, -0.25) is 0 Å². The van der Waals surface area contributed by atoms with Gasteiger partial charge < -0.3 is 10.6 Å². The summed E-state index contributed by atoms with van der Waals surface area (Å²) in [5, 5.41) is 6.53. The Bertz CT molecular complexity index is 271. The van der Waals surface area contributed by atoms with Crippen molar-refractivity contribution in [3.63, 3.8) is 0 Å². The van der Waals surface area contributed by atoms with E-state index in [1.54, 1.807) is 0 Å². The predicted molar refractivity (Wildman–Crippen MR) is 61.8 cm³/mol. The molecule has 3 heteroatoms. The van der Waals surface area contributed by atoms with Crippen LogP contribution in [0.15, 0.2) is 18.2 Å². The second-order valence-corrected chi connectivity index (χ2v) is 3.63. The van der Waals surface area contributed by atoms with Crippen molar-refractivity contribution in [2.24, 2.45) is 0 Å². The lowest BCUT2D eigenvalue weighted by Gasteiger charge is -2.10. The van der Waals surface area contributed by atoms with Gasteiger partial charge >= 0.3 is 0 Å². The van der Waals surface area contributed by atoms with Crippen LogP contribution in [0.2, 0.25) is 0 Å². The van der Waals surface area contributed by atoms with Crippen molar-refractivity contribution in [1.29, 1.82) is 0 Å². The molecule has 0 aliphatic rings. The van der Waals surface area contributed by atoms with E-state index in [1.165, 1.54) is 0 Å². The van der Waals surface area contributed by atoms with Crippen LogP contribution < -0.4 is 10.6 Å². The van der Waals surface area contributed by atoms with Crippen LogP contribution in [0.3, 0.4) is 0 Å². The first-order valence-electron chi connectivity index (χ1n) is 5.20. The van der Waals surface area contributed by atoms with E-state index in [0.29, 0.717) is 6.04 Å². The van der Waals surface area contributed by atoms with E-state index in [1.807, 2.05) is 18.2 Å². The number of rotatable bonds is 5. The molecular formula is C11H19N3. The second-order valence-electron chi connectivity index (χ2n) is 3.63. The molecule has 0 saturated heterocycles. The minimum Gasteiger partial charge on any atom is -0.370 e. The number of nitrogens with one attached hydrogen (secondary N) is 2. The first-order chi connectivity index (χ1) is 6.72. The summed E-state index contributed by atoms with van der Waals surface area (Å²) in [6, 6.07) is 6.40. The van der Waals surface area contributed by atoms with Gasteiger partial charge in [0, 0.05) is 12.6 Å². The molecule has 0 saturated carbocycles. The first kappa shape index (κ1) is 10.8. The molecule has 0 spiro atoms. The van der Waals surface area contributed by atoms with Gasteiger partial charge in [0.25, 0.3) is 0 Å². The minimum atomic E-state index is 0.420. The van der Waals surface area contributed by atoms with Gasteiger partial charge in [0.15, 0.2) is 0 Å². The standard InChI is InChI=1S/C11H19N3/c1-4-8-12-10-6-5-7-11(14-10)13-9(2)3/h5-7,9H,4,8H2,1-3H3,(H2,12,13,14). The van der Waals surface area contributed by atoms with Crippen LogP contribution in [0, 0.1) is 0 Å². The summed E-state index contributed by atoms with van der Waals surface area (Å²) in [5.41, 5.74) is 0. The summed E-state index contributed by atoms with van der Waals surface area (Å²) in [6.45, 7) is 7.32. The molecule has 1 rings (SSSR count). The average Bonchev–Trinajstić information content (AvgIpc) is 2.14. The topological polar surface area (TPSA) is 37.0 Å². The molecule has 2 N–H and O–H groups in total. The van der Waals surface area contributed by atoms with E-state index in [4.69, 9.17) is 0 Å². The third kappa shape index (κ3) is 3.64. The van der Waals surface area contributed by atoms with Crippen LogP contribution in [-0.2, 0) is 0 Å². The molecule has 0 radical (unpaired) electrons. The smallest absolute Gasteiger partial charge is 0.128 e. The van der Waals surface area contributed by atoms with E-state index in [0.717, 1.165) is 24.6 Å². The van der Waals surface area contributed by atoms with Crippen LogP contribution in [-0.4, -0.2) is 17.6 Å². The van der Waals surface area contributed by atoms with Gasteiger partial charge in [-0.05, 0) is 32.4 Å². The van der Waals surface area contributed by atoms with Gasteiger partial charge in [-0.25, -0.2) is 4.98 Å². The third-order valence-corrected chi connectivity index (χ3v) is 1.74. The Morgan fingerprint density at radius 3 is 2.64 bits per heavy atom. The number of anilines is 2. The summed E-state index contributed by atoms with van der Waals surface area (Å²) in [5.74, 6) is 1.87. The van der Waals surface area contributed by atoms with Crippen molar-refractivity contribution in [3.05, 3.63) is 18.2 Å². The normalized spacial score (nSPS) is 10.3. The van der Waals surface area contributed by atoms with Crippen molar-refractivity contribution < 1.29 is 0 Å². The van der Waals surface area contributed by atoms with E-state index >= 15 is 0 Å². The highest BCUT2D eigenvalue weighted by Crippen LogP contribution is 2.09. The van der Waals surface area contributed by atoms with Crippen LogP contribution in [0.5, 0.6) is 0 Å². The highest BCUT2D eigenvalue weighted by Gasteiger charge is 1.97. The first-order valence-corrected chi connectivity index (χ1v) is 5.20. The zero-order valence-electron chi connectivity index (χ0n) is 9.17. The molecule has 0 atom stereocenters. The Morgan fingerprint density at radius 2 is 2.00 bits per heavy atom. The molecule has 0 fully saturated rings. The Kier molecular flexibility index (Phi) is 4.23. The SMILES string of the molecule is CCCNc1cccc(NC(C)C)n1. The summed E-state index contributed by atoms with van der Waals surface area (Å²) in [6.07, 6.45) is 1.11. The Labute approximate surface area is 85.9 Å². The molecule has 14 heavy (non-hydrogen) atoms. The Hall–Kier alpha value is -1.25. The Morgan fingerprint density at radius 1 is 1.29 bits per heavy atom. The van der Waals surface area contributed by atoms with Gasteiger partial charge in [-0.2, -0.15) is 0 Å². The largest absolute Gasteiger partial charge is 0.370 e. The molecule has 78 valence electrons. The molecule has 1 aromatic heterocycles. The van der Waals surface area contributed by atoms with E-state index in [2.05, 4.69) is 36.4 Å². The van der Waals surface area contributed by atoms with Crippen molar-refractivity contribution >= 4 is 11.6 Å². The number of aromatic nitrogens is 1. The molecule has 0 unspecified atom stereocenters. The molecular weight excluding hydrogens is 174 g/mol. The third-order valence-electron chi connectivity index (χ3n) is 1.74. The quantitative estimate of drug-likeness (QED) is 0.755. The maximum Gasteiger partial charge on any atom is 0.128 e. The minimum absolute atomic E-state index is 0.420. The highest BCUT2D eigenvalue weighted by molar-refractivity contribution is 5.45. The zero-order valence-corrected chi connectivity index (χ0v) is 9.17. The number of hydrogen-bond donors (Lipinski definition) is 2. The number of nitrogens with zero attached hydrogens (tertiary/aromatic N) is 1. The van der Waals surface area contributed by atoms with Gasteiger partial charge in [0.2, 0.25) is 0 Å².